The Kier molecular flexibility index (Phi) is 5.35. The molecule has 5 aromatic rings. The molecule has 2 N–H and O–H groups in total. The Morgan fingerprint density at radius 2 is 1.06 bits per heavy atom. The van der Waals surface area contributed by atoms with Gasteiger partial charge in [0.05, 0.1) is 29.0 Å². The molecule has 0 spiro atoms. The van der Waals surface area contributed by atoms with Gasteiger partial charge >= 0.3 is 5.97 Å². The SMILES string of the molecule is [2H]c1c([2H])c([2H])c(C(=O)N(C([2H])([2H])c2cc(C)cc(-c3cc(C)cc(-c4cc(C)cc(C([2H])([2H])N(C(=O)c5c([2H])c([2H])c([2H])c([2H])c5[2H])C([2H])([2H])C([2H])([2H])[2H])c4O)c3OC([2H])([2H])C(=O)OC)c2O)C([2H])([2H])C([2H])([2H])[2H])c([2H])c1[2H]. The molecule has 0 aliphatic carbocycles. The fraction of sp³-hybridized carbons (Fsp3) is 0.250. The molecule has 0 heterocycles. The molecule has 0 bridgehead atoms. The van der Waals surface area contributed by atoms with Crippen LogP contribution in [0, 0.1) is 20.8 Å². The number of nitrogens with zero attached hydrogens (tertiary/aromatic N) is 2. The van der Waals surface area contributed by atoms with Crippen LogP contribution in [0.4, 0.5) is 0 Å². The lowest BCUT2D eigenvalue weighted by Gasteiger charge is -2.25. The van der Waals surface area contributed by atoms with Crippen LogP contribution < -0.4 is 4.74 Å². The monoisotopic (exact) mass is 740 g/mol. The molecule has 0 aliphatic heterocycles. The number of ether oxygens (including phenoxy) is 2. The molecule has 0 unspecified atom stereocenters. The second kappa shape index (κ2) is 17.0. The van der Waals surface area contributed by atoms with Crippen molar-refractivity contribution in [2.45, 2.75) is 47.5 Å². The number of benzene rings is 5. The third-order valence-corrected chi connectivity index (χ3v) is 7.27. The fourth-order valence-corrected chi connectivity index (χ4v) is 4.99. The summed E-state index contributed by atoms with van der Waals surface area (Å²) in [6.45, 7) is -24.1. The van der Waals surface area contributed by atoms with E-state index >= 15 is 0 Å². The number of phenolic OH excluding ortho intramolecular Hbond substituents is 2. The smallest absolute Gasteiger partial charge is 0.343 e. The van der Waals surface area contributed by atoms with Crippen LogP contribution in [0.2, 0.25) is 0 Å². The van der Waals surface area contributed by atoms with E-state index in [2.05, 4.69) is 4.74 Å². The van der Waals surface area contributed by atoms with E-state index in [1.807, 2.05) is 0 Å². The van der Waals surface area contributed by atoms with Crippen molar-refractivity contribution in [3.8, 4) is 39.5 Å². The number of carbonyl (C=O) groups is 3. The van der Waals surface area contributed by atoms with Crippen LogP contribution in [0.15, 0.2) is 96.8 Å². The molecule has 2 amide bonds. The highest BCUT2D eigenvalue weighted by Gasteiger charge is 2.25. The van der Waals surface area contributed by atoms with Gasteiger partial charge in [-0.3, -0.25) is 9.59 Å². The van der Waals surface area contributed by atoms with E-state index in [1.54, 1.807) is 0 Å². The standard InChI is InChI=1S/C44H46N2O7/c1-7-45(43(50)31-15-11-9-12-16-31)25-33-19-28(3)21-35(40(33)48)37-23-30(5)24-38(42(37)53-27-39(47)52-6)36-22-29(4)20-34(41(36)49)26-46(8-2)44(51)32-17-13-10-14-18-32/h9-24,48-49H,7-8,25-27H2,1-6H3/i1D3,2D3,7D2,8D2,9D,10D,11D,12D,13D,14D,15D,16D,17D,18D,25D2,26D2,27D2. The van der Waals surface area contributed by atoms with E-state index in [0.29, 0.717) is 0 Å². The van der Waals surface area contributed by atoms with E-state index in [-0.39, 0.29) is 16.7 Å². The van der Waals surface area contributed by atoms with Gasteiger partial charge < -0.3 is 29.5 Å². The lowest BCUT2D eigenvalue weighted by Crippen LogP contribution is -2.30. The summed E-state index contributed by atoms with van der Waals surface area (Å²) in [6.07, 6.45) is 0. The summed E-state index contributed by atoms with van der Waals surface area (Å²) in [5.74, 6) is -9.61. The molecule has 0 saturated carbocycles. The third kappa shape index (κ3) is 8.69. The first-order valence-corrected chi connectivity index (χ1v) is 15.1. The normalized spacial score (nSPS) is 19.8. The van der Waals surface area contributed by atoms with E-state index in [4.69, 9.17) is 34.9 Å². The predicted molar refractivity (Wildman–Crippen MR) is 206 cm³/mol. The average Bonchev–Trinajstić information content (AvgIpc) is 3.31. The molecule has 0 fully saturated rings. The molecule has 0 aliphatic rings. The minimum absolute atomic E-state index is 0.0142. The van der Waals surface area contributed by atoms with Crippen molar-refractivity contribution in [3.05, 3.63) is 136 Å². The number of rotatable bonds is 13. The highest BCUT2D eigenvalue weighted by atomic mass is 16.6. The highest BCUT2D eigenvalue weighted by molar-refractivity contribution is 5.95. The van der Waals surface area contributed by atoms with Crippen molar-refractivity contribution in [2.24, 2.45) is 0 Å². The maximum atomic E-state index is 14.5. The summed E-state index contributed by atoms with van der Waals surface area (Å²) in [4.78, 5) is 40.8. The van der Waals surface area contributed by atoms with Crippen LogP contribution >= 0.6 is 0 Å². The van der Waals surface area contributed by atoms with Crippen LogP contribution in [0.1, 0.15) is 97.9 Å². The van der Waals surface area contributed by atoms with Crippen LogP contribution in [-0.2, 0) is 22.5 Å². The molecule has 53 heavy (non-hydrogen) atoms. The largest absolute Gasteiger partial charge is 0.507 e. The molecular weight excluding hydrogens is 668 g/mol. The molecular formula is C44H46N2O7. The first kappa shape index (κ1) is 16.7. The molecule has 0 aromatic heterocycles. The summed E-state index contributed by atoms with van der Waals surface area (Å²) >= 11 is 0. The van der Waals surface area contributed by atoms with E-state index in [1.165, 1.54) is 20.8 Å². The van der Waals surface area contributed by atoms with Crippen LogP contribution in [0.3, 0.4) is 0 Å². The second-order valence-electron chi connectivity index (χ2n) is 11.0. The lowest BCUT2D eigenvalue weighted by molar-refractivity contribution is -0.142. The Morgan fingerprint density at radius 3 is 1.45 bits per heavy atom. The van der Waals surface area contributed by atoms with Gasteiger partial charge in [0.2, 0.25) is 0 Å². The van der Waals surface area contributed by atoms with Gasteiger partial charge in [-0.05, 0) is 99.6 Å². The van der Waals surface area contributed by atoms with E-state index < -0.39 is 196 Å². The minimum Gasteiger partial charge on any atom is -0.507 e. The van der Waals surface area contributed by atoms with Gasteiger partial charge in [0.15, 0.2) is 6.56 Å². The quantitative estimate of drug-likeness (QED) is 0.117. The molecule has 274 valence electrons. The molecule has 5 aromatic carbocycles. The Bertz CT molecular complexity index is 3100. The van der Waals surface area contributed by atoms with Gasteiger partial charge in [-0.2, -0.15) is 0 Å². The zero-order valence-electron chi connectivity index (χ0n) is 54.3. The number of carbonyl (C=O) groups excluding carboxylic acids is 3. The number of esters is 1. The summed E-state index contributed by atoms with van der Waals surface area (Å²) < 4.78 is 229. The topological polar surface area (TPSA) is 117 Å². The Morgan fingerprint density at radius 1 is 0.660 bits per heavy atom. The van der Waals surface area contributed by atoms with Gasteiger partial charge in [0.25, 0.3) is 11.8 Å². The van der Waals surface area contributed by atoms with Gasteiger partial charge in [-0.15, -0.1) is 0 Å². The van der Waals surface area contributed by atoms with Crippen molar-refractivity contribution >= 4 is 17.8 Å². The van der Waals surface area contributed by atoms with Crippen molar-refractivity contribution in [3.63, 3.8) is 0 Å². The zero-order chi connectivity index (χ0) is 60.9. The Hall–Kier alpha value is -6.09. The Balaban J connectivity index is 1.94. The van der Waals surface area contributed by atoms with Crippen LogP contribution in [0.5, 0.6) is 17.2 Å². The van der Waals surface area contributed by atoms with Crippen molar-refractivity contribution < 1.29 is 69.7 Å². The third-order valence-electron chi connectivity index (χ3n) is 7.27. The summed E-state index contributed by atoms with van der Waals surface area (Å²) in [5, 5.41) is 24.6. The number of hydrogen-bond donors (Lipinski definition) is 2. The average molecular weight is 741 g/mol. The molecule has 5 rings (SSSR count). The first-order valence-electron chi connectivity index (χ1n) is 28.1. The van der Waals surface area contributed by atoms with Crippen molar-refractivity contribution in [1.82, 2.24) is 9.80 Å². The lowest BCUT2D eigenvalue weighted by atomic mass is 9.90. The van der Waals surface area contributed by atoms with Crippen molar-refractivity contribution in [1.29, 1.82) is 0 Å². The molecule has 0 atom stereocenters. The highest BCUT2D eigenvalue weighted by Crippen LogP contribution is 2.47. The molecule has 0 radical (unpaired) electrons. The molecule has 9 nitrogen and oxygen atoms in total. The molecule has 0 saturated heterocycles. The predicted octanol–water partition coefficient (Wildman–Crippen LogP) is 8.23. The van der Waals surface area contributed by atoms with Gasteiger partial charge in [-0.25, -0.2) is 4.79 Å². The minimum atomic E-state index is -4.17. The van der Waals surface area contributed by atoms with Crippen LogP contribution in [0.25, 0.3) is 22.3 Å². The van der Waals surface area contributed by atoms with E-state index in [0.717, 1.165) is 43.5 Å². The van der Waals surface area contributed by atoms with E-state index in [9.17, 15) is 30.1 Å². The maximum Gasteiger partial charge on any atom is 0.343 e. The number of aryl methyl sites for hydroxylation is 3. The number of phenols is 2. The maximum absolute atomic E-state index is 14.5. The zero-order valence-corrected chi connectivity index (χ0v) is 28.3. The fourth-order valence-electron chi connectivity index (χ4n) is 4.99. The first-order chi connectivity index (χ1) is 35.7. The summed E-state index contributed by atoms with van der Waals surface area (Å²) in [5.41, 5.74) is -7.98. The van der Waals surface area contributed by atoms with Crippen molar-refractivity contribution in [2.75, 3.05) is 26.7 Å². The number of amides is 2. The Labute approximate surface area is 347 Å². The van der Waals surface area contributed by atoms with Gasteiger partial charge in [0.1, 0.15) is 17.2 Å². The number of aromatic hydroxyl groups is 2. The number of methoxy groups -OCH3 is 1. The summed E-state index contributed by atoms with van der Waals surface area (Å²) in [6, 6.07) is -6.07. The van der Waals surface area contributed by atoms with Gasteiger partial charge in [-0.1, -0.05) is 48.4 Å². The molecule has 9 heteroatoms. The number of hydrogen-bond acceptors (Lipinski definition) is 7. The second-order valence-corrected chi connectivity index (χ2v) is 11.0. The van der Waals surface area contributed by atoms with Gasteiger partial charge in [0, 0.05) is 84.2 Å². The van der Waals surface area contributed by atoms with Crippen LogP contribution in [-0.4, -0.2) is 64.5 Å². The summed E-state index contributed by atoms with van der Waals surface area (Å²) in [7, 11) is 0.743.